The topological polar surface area (TPSA) is 42.0 Å². The molecule has 1 N–H and O–H groups in total. The first kappa shape index (κ1) is 15.1. The number of fused-ring (bicyclic) bond motifs is 1. The van der Waals surface area contributed by atoms with Crippen LogP contribution in [0, 0.1) is 6.92 Å². The number of amides is 1. The van der Waals surface area contributed by atoms with E-state index in [2.05, 4.69) is 16.4 Å². The molecule has 2 aromatic carbocycles. The molecule has 0 bridgehead atoms. The predicted octanol–water partition coefficient (Wildman–Crippen LogP) is 5.59. The molecule has 0 spiro atoms. The summed E-state index contributed by atoms with van der Waals surface area (Å²) < 4.78 is 1.16. The molecule has 4 rings (SSSR count). The lowest BCUT2D eigenvalue weighted by Crippen LogP contribution is -2.10. The van der Waals surface area contributed by atoms with E-state index in [4.69, 9.17) is 0 Å². The van der Waals surface area contributed by atoms with Crippen molar-refractivity contribution in [3.63, 3.8) is 0 Å². The van der Waals surface area contributed by atoms with Crippen molar-refractivity contribution in [2.75, 3.05) is 5.32 Å². The second kappa shape index (κ2) is 6.19. The van der Waals surface area contributed by atoms with E-state index in [1.54, 1.807) is 11.3 Å². The van der Waals surface area contributed by atoms with Crippen LogP contribution < -0.4 is 5.32 Å². The van der Waals surface area contributed by atoms with E-state index in [9.17, 15) is 4.79 Å². The van der Waals surface area contributed by atoms with Gasteiger partial charge in [-0.05, 0) is 42.8 Å². The number of aryl methyl sites for hydroxylation is 1. The number of aromatic nitrogens is 1. The van der Waals surface area contributed by atoms with E-state index in [1.807, 2.05) is 61.5 Å². The average Bonchev–Trinajstić information content (AvgIpc) is 3.23. The van der Waals surface area contributed by atoms with Crippen LogP contribution in [0.1, 0.15) is 15.2 Å². The quantitative estimate of drug-likeness (QED) is 0.523. The third-order valence-corrected chi connectivity index (χ3v) is 6.02. The smallest absolute Gasteiger partial charge is 0.265 e. The van der Waals surface area contributed by atoms with Gasteiger partial charge >= 0.3 is 0 Å². The third kappa shape index (κ3) is 2.84. The molecule has 24 heavy (non-hydrogen) atoms. The molecule has 2 aromatic heterocycles. The molecule has 0 fully saturated rings. The summed E-state index contributed by atoms with van der Waals surface area (Å²) in [4.78, 5) is 18.8. The highest BCUT2D eigenvalue weighted by molar-refractivity contribution is 7.26. The first-order valence-electron chi connectivity index (χ1n) is 7.53. The number of thiophene rings is 1. The highest BCUT2D eigenvalue weighted by Crippen LogP contribution is 2.34. The molecule has 0 saturated carbocycles. The Morgan fingerprint density at radius 1 is 0.958 bits per heavy atom. The lowest BCUT2D eigenvalue weighted by Gasteiger charge is -2.06. The van der Waals surface area contributed by atoms with Crippen LogP contribution >= 0.6 is 22.7 Å². The highest BCUT2D eigenvalue weighted by Gasteiger charge is 2.13. The van der Waals surface area contributed by atoms with E-state index in [1.165, 1.54) is 11.3 Å². The summed E-state index contributed by atoms with van der Waals surface area (Å²) in [6, 6.07) is 19.7. The van der Waals surface area contributed by atoms with Gasteiger partial charge in [0.1, 0.15) is 5.01 Å². The number of nitrogens with zero attached hydrogens (tertiary/aromatic N) is 1. The third-order valence-electron chi connectivity index (χ3n) is 3.73. The maximum atomic E-state index is 12.5. The van der Waals surface area contributed by atoms with Crippen LogP contribution in [0.2, 0.25) is 0 Å². The van der Waals surface area contributed by atoms with Crippen molar-refractivity contribution in [3.8, 4) is 9.88 Å². The number of anilines is 1. The Balaban J connectivity index is 1.60. The van der Waals surface area contributed by atoms with Crippen molar-refractivity contribution in [1.82, 2.24) is 4.98 Å². The number of rotatable bonds is 3. The summed E-state index contributed by atoms with van der Waals surface area (Å²) in [6.45, 7) is 1.98. The Bertz CT molecular complexity index is 999. The number of benzene rings is 2. The lowest BCUT2D eigenvalue weighted by atomic mass is 10.2. The van der Waals surface area contributed by atoms with Gasteiger partial charge in [0.05, 0.1) is 20.0 Å². The molecule has 5 heteroatoms. The minimum Gasteiger partial charge on any atom is -0.321 e. The normalized spacial score (nSPS) is 10.9. The van der Waals surface area contributed by atoms with Crippen LogP contribution in [-0.2, 0) is 0 Å². The highest BCUT2D eigenvalue weighted by atomic mass is 32.1. The molecule has 0 saturated heterocycles. The number of hydrogen-bond donors (Lipinski definition) is 1. The maximum absolute atomic E-state index is 12.5. The molecule has 0 radical (unpaired) electrons. The van der Waals surface area contributed by atoms with Gasteiger partial charge < -0.3 is 5.32 Å². The molecule has 4 aromatic rings. The Morgan fingerprint density at radius 3 is 2.58 bits per heavy atom. The van der Waals surface area contributed by atoms with Crippen molar-refractivity contribution in [1.29, 1.82) is 0 Å². The standard InChI is InChI=1S/C19H14N2OS2/c1-12-6-2-3-7-13(12)20-18(22)16-10-11-17(23-16)19-21-14-8-4-5-9-15(14)24-19/h2-11H,1H3,(H,20,22). The second-order valence-electron chi connectivity index (χ2n) is 5.42. The lowest BCUT2D eigenvalue weighted by molar-refractivity contribution is 0.103. The average molecular weight is 350 g/mol. The van der Waals surface area contributed by atoms with Gasteiger partial charge in [0.2, 0.25) is 0 Å². The van der Waals surface area contributed by atoms with Gasteiger partial charge in [-0.3, -0.25) is 4.79 Å². The van der Waals surface area contributed by atoms with Gasteiger partial charge in [-0.1, -0.05) is 30.3 Å². The molecule has 0 aliphatic rings. The van der Waals surface area contributed by atoms with Crippen molar-refractivity contribution in [2.24, 2.45) is 0 Å². The summed E-state index contributed by atoms with van der Waals surface area (Å²) in [6.07, 6.45) is 0. The maximum Gasteiger partial charge on any atom is 0.265 e. The van der Waals surface area contributed by atoms with Gasteiger partial charge in [0.15, 0.2) is 0 Å². The van der Waals surface area contributed by atoms with E-state index in [0.717, 1.165) is 31.4 Å². The van der Waals surface area contributed by atoms with Crippen molar-refractivity contribution >= 4 is 44.5 Å². The van der Waals surface area contributed by atoms with E-state index < -0.39 is 0 Å². The van der Waals surface area contributed by atoms with Crippen molar-refractivity contribution < 1.29 is 4.79 Å². The zero-order valence-corrected chi connectivity index (χ0v) is 14.6. The fourth-order valence-electron chi connectivity index (χ4n) is 2.45. The molecule has 118 valence electrons. The van der Waals surface area contributed by atoms with Crippen molar-refractivity contribution in [3.05, 3.63) is 71.1 Å². The Kier molecular flexibility index (Phi) is 3.88. The zero-order chi connectivity index (χ0) is 16.5. The fourth-order valence-corrected chi connectivity index (χ4v) is 4.37. The van der Waals surface area contributed by atoms with Crippen LogP contribution in [0.5, 0.6) is 0 Å². The monoisotopic (exact) mass is 350 g/mol. The largest absolute Gasteiger partial charge is 0.321 e. The summed E-state index contributed by atoms with van der Waals surface area (Å²) in [5, 5.41) is 3.93. The van der Waals surface area contributed by atoms with Gasteiger partial charge in [0, 0.05) is 5.69 Å². The molecule has 0 unspecified atom stereocenters. The van der Waals surface area contributed by atoms with E-state index in [-0.39, 0.29) is 5.91 Å². The number of hydrogen-bond acceptors (Lipinski definition) is 4. The Morgan fingerprint density at radius 2 is 1.75 bits per heavy atom. The Hall–Kier alpha value is -2.50. The number of thiazole rings is 1. The number of nitrogens with one attached hydrogen (secondary N) is 1. The summed E-state index contributed by atoms with van der Waals surface area (Å²) in [5.74, 6) is -0.0818. The minimum absolute atomic E-state index is 0.0818. The predicted molar refractivity (Wildman–Crippen MR) is 102 cm³/mol. The zero-order valence-electron chi connectivity index (χ0n) is 12.9. The summed E-state index contributed by atoms with van der Waals surface area (Å²) in [5.41, 5.74) is 2.89. The molecule has 3 nitrogen and oxygen atoms in total. The minimum atomic E-state index is -0.0818. The van der Waals surface area contributed by atoms with Crippen LogP contribution in [-0.4, -0.2) is 10.9 Å². The first-order valence-corrected chi connectivity index (χ1v) is 9.17. The van der Waals surface area contributed by atoms with Crippen LogP contribution in [0.4, 0.5) is 5.69 Å². The molecule has 0 aliphatic carbocycles. The molecule has 0 atom stereocenters. The van der Waals surface area contributed by atoms with Gasteiger partial charge in [0.25, 0.3) is 5.91 Å². The number of carbonyl (C=O) groups is 1. The van der Waals surface area contributed by atoms with Crippen molar-refractivity contribution in [2.45, 2.75) is 6.92 Å². The van der Waals surface area contributed by atoms with Crippen LogP contribution in [0.25, 0.3) is 20.1 Å². The van der Waals surface area contributed by atoms with E-state index >= 15 is 0 Å². The van der Waals surface area contributed by atoms with Gasteiger partial charge in [-0.2, -0.15) is 0 Å². The SMILES string of the molecule is Cc1ccccc1NC(=O)c1ccc(-c2nc3ccccc3s2)s1. The van der Waals surface area contributed by atoms with Crippen LogP contribution in [0.3, 0.4) is 0 Å². The van der Waals surface area contributed by atoms with Crippen LogP contribution in [0.15, 0.2) is 60.7 Å². The molecule has 2 heterocycles. The summed E-state index contributed by atoms with van der Waals surface area (Å²) in [7, 11) is 0. The second-order valence-corrected chi connectivity index (χ2v) is 7.53. The number of carbonyl (C=O) groups excluding carboxylic acids is 1. The van der Waals surface area contributed by atoms with Gasteiger partial charge in [-0.25, -0.2) is 4.98 Å². The van der Waals surface area contributed by atoms with Gasteiger partial charge in [-0.15, -0.1) is 22.7 Å². The molecular weight excluding hydrogens is 336 g/mol. The fraction of sp³-hybridized carbons (Fsp3) is 0.0526. The van der Waals surface area contributed by atoms with E-state index in [0.29, 0.717) is 4.88 Å². The molecule has 0 aliphatic heterocycles. The number of para-hydroxylation sites is 2. The Labute approximate surface area is 147 Å². The molecule has 1 amide bonds. The first-order chi connectivity index (χ1) is 11.7. The summed E-state index contributed by atoms with van der Waals surface area (Å²) >= 11 is 3.12. The molecular formula is C19H14N2OS2.